The molecule has 2 atom stereocenters. The third-order valence-corrected chi connectivity index (χ3v) is 4.56. The monoisotopic (exact) mass is 297 g/mol. The van der Waals surface area contributed by atoms with E-state index in [1.54, 1.807) is 25.3 Å². The van der Waals surface area contributed by atoms with E-state index in [2.05, 4.69) is 10.1 Å². The minimum atomic E-state index is -0.978. The molecule has 0 bridgehead atoms. The van der Waals surface area contributed by atoms with Gasteiger partial charge in [0.05, 0.1) is 24.6 Å². The number of carboxylic acids is 1. The van der Waals surface area contributed by atoms with E-state index in [1.807, 2.05) is 0 Å². The first-order valence-electron chi connectivity index (χ1n) is 6.00. The van der Waals surface area contributed by atoms with Crippen LogP contribution in [0.3, 0.4) is 0 Å². The van der Waals surface area contributed by atoms with Gasteiger partial charge in [0.25, 0.3) is 0 Å². The number of carbonyl (C=O) groups excluding carboxylic acids is 2. The smallest absolute Gasteiger partial charge is 0.350 e. The summed E-state index contributed by atoms with van der Waals surface area (Å²) in [6.45, 7) is 3.48. The van der Waals surface area contributed by atoms with Gasteiger partial charge in [-0.25, -0.2) is 4.79 Å². The second kappa shape index (κ2) is 4.90. The molecule has 2 rings (SSSR count). The molecular weight excluding hydrogens is 282 g/mol. The van der Waals surface area contributed by atoms with Gasteiger partial charge in [-0.3, -0.25) is 9.59 Å². The lowest BCUT2D eigenvalue weighted by atomic mass is 10.1. The van der Waals surface area contributed by atoms with Crippen LogP contribution < -0.4 is 5.32 Å². The Bertz CT molecular complexity index is 577. The number of methoxy groups -OCH3 is 1. The van der Waals surface area contributed by atoms with Gasteiger partial charge in [-0.05, 0) is 16.9 Å². The number of aliphatic carboxylic acids is 1. The lowest BCUT2D eigenvalue weighted by molar-refractivity contribution is -0.140. The summed E-state index contributed by atoms with van der Waals surface area (Å²) in [5.41, 5.74) is -0.212. The lowest BCUT2D eigenvalue weighted by Gasteiger charge is -2.06. The number of carbonyl (C=O) groups is 3. The van der Waals surface area contributed by atoms with Crippen LogP contribution in [0.15, 0.2) is 11.4 Å². The highest BCUT2D eigenvalue weighted by Gasteiger charge is 2.65. The molecule has 6 nitrogen and oxygen atoms in total. The highest BCUT2D eigenvalue weighted by molar-refractivity contribution is 7.12. The van der Waals surface area contributed by atoms with Crippen molar-refractivity contribution in [1.82, 2.24) is 0 Å². The van der Waals surface area contributed by atoms with Gasteiger partial charge in [-0.2, -0.15) is 0 Å². The van der Waals surface area contributed by atoms with Crippen LogP contribution >= 0.6 is 11.3 Å². The molecular formula is C13H15NO5S. The van der Waals surface area contributed by atoms with Gasteiger partial charge in [0.1, 0.15) is 4.88 Å². The molecule has 20 heavy (non-hydrogen) atoms. The van der Waals surface area contributed by atoms with Crippen LogP contribution in [-0.4, -0.2) is 30.1 Å². The fourth-order valence-corrected chi connectivity index (χ4v) is 3.22. The zero-order valence-corrected chi connectivity index (χ0v) is 12.1. The van der Waals surface area contributed by atoms with E-state index in [0.29, 0.717) is 10.6 Å². The summed E-state index contributed by atoms with van der Waals surface area (Å²) in [4.78, 5) is 35.0. The van der Waals surface area contributed by atoms with Crippen molar-refractivity contribution in [1.29, 1.82) is 0 Å². The number of thiophene rings is 1. The summed E-state index contributed by atoms with van der Waals surface area (Å²) in [5, 5.41) is 13.3. The van der Waals surface area contributed by atoms with Crippen LogP contribution in [-0.2, 0) is 14.3 Å². The first-order chi connectivity index (χ1) is 9.30. The summed E-state index contributed by atoms with van der Waals surface area (Å²) in [5.74, 6) is -3.17. The normalized spacial score (nSPS) is 22.9. The number of ether oxygens (including phenoxy) is 1. The number of hydrogen-bond donors (Lipinski definition) is 2. The molecule has 108 valence electrons. The average Bonchev–Trinajstić information content (AvgIpc) is 2.71. The Morgan fingerprint density at radius 1 is 1.35 bits per heavy atom. The predicted octanol–water partition coefficient (Wildman–Crippen LogP) is 1.83. The molecule has 1 amide bonds. The van der Waals surface area contributed by atoms with Gasteiger partial charge >= 0.3 is 11.9 Å². The maximum absolute atomic E-state index is 12.1. The number of rotatable bonds is 4. The molecule has 1 aliphatic rings. The number of hydrogen-bond acceptors (Lipinski definition) is 5. The molecule has 0 saturated heterocycles. The van der Waals surface area contributed by atoms with Gasteiger partial charge in [-0.1, -0.05) is 13.8 Å². The number of esters is 1. The van der Waals surface area contributed by atoms with Gasteiger partial charge < -0.3 is 15.2 Å². The van der Waals surface area contributed by atoms with E-state index in [-0.39, 0.29) is 5.91 Å². The van der Waals surface area contributed by atoms with Crippen molar-refractivity contribution in [2.45, 2.75) is 13.8 Å². The molecule has 1 aliphatic carbocycles. The van der Waals surface area contributed by atoms with Crippen molar-refractivity contribution in [3.8, 4) is 0 Å². The Balaban J connectivity index is 2.13. The fourth-order valence-electron chi connectivity index (χ4n) is 2.46. The standard InChI is InChI=1S/C13H15NO5S/c1-13(2)7(8(13)11(16)17)10(15)14-6-4-5-20-9(6)12(18)19-3/h4-5,7-8H,1-3H3,(H,14,15)(H,16,17)/t7-,8-/m1/s1. The highest BCUT2D eigenvalue weighted by atomic mass is 32.1. The Kier molecular flexibility index (Phi) is 3.56. The molecule has 0 aromatic carbocycles. The fraction of sp³-hybridized carbons (Fsp3) is 0.462. The van der Waals surface area contributed by atoms with Crippen molar-refractivity contribution in [2.75, 3.05) is 12.4 Å². The van der Waals surface area contributed by atoms with Crippen LogP contribution in [0, 0.1) is 17.3 Å². The number of anilines is 1. The van der Waals surface area contributed by atoms with Crippen molar-refractivity contribution in [2.24, 2.45) is 17.3 Å². The summed E-state index contributed by atoms with van der Waals surface area (Å²) in [7, 11) is 1.26. The lowest BCUT2D eigenvalue weighted by Crippen LogP contribution is -2.18. The summed E-state index contributed by atoms with van der Waals surface area (Å²) < 4.78 is 4.62. The molecule has 1 aromatic heterocycles. The van der Waals surface area contributed by atoms with E-state index in [1.165, 1.54) is 7.11 Å². The minimum Gasteiger partial charge on any atom is -0.481 e. The van der Waals surface area contributed by atoms with Crippen LogP contribution in [0.25, 0.3) is 0 Å². The van der Waals surface area contributed by atoms with Crippen LogP contribution in [0.5, 0.6) is 0 Å². The van der Waals surface area contributed by atoms with Gasteiger partial charge in [0, 0.05) is 0 Å². The highest BCUT2D eigenvalue weighted by Crippen LogP contribution is 2.58. The van der Waals surface area contributed by atoms with E-state index in [4.69, 9.17) is 5.11 Å². The first-order valence-corrected chi connectivity index (χ1v) is 6.88. The average molecular weight is 297 g/mol. The summed E-state index contributed by atoms with van der Waals surface area (Å²) in [6.07, 6.45) is 0. The molecule has 1 fully saturated rings. The van der Waals surface area contributed by atoms with E-state index < -0.39 is 29.2 Å². The molecule has 0 spiro atoms. The maximum atomic E-state index is 12.1. The molecule has 0 radical (unpaired) electrons. The maximum Gasteiger partial charge on any atom is 0.350 e. The van der Waals surface area contributed by atoms with E-state index in [9.17, 15) is 14.4 Å². The van der Waals surface area contributed by atoms with Crippen molar-refractivity contribution in [3.05, 3.63) is 16.3 Å². The first kappa shape index (κ1) is 14.5. The number of carboxylic acid groups (broad SMARTS) is 1. The molecule has 1 saturated carbocycles. The molecule has 1 heterocycles. The minimum absolute atomic E-state index is 0.297. The van der Waals surface area contributed by atoms with Crippen LogP contribution in [0.2, 0.25) is 0 Å². The number of nitrogens with one attached hydrogen (secondary N) is 1. The Labute approximate surface area is 119 Å². The topological polar surface area (TPSA) is 92.7 Å². The van der Waals surface area contributed by atoms with Gasteiger partial charge in [0.2, 0.25) is 5.91 Å². The zero-order valence-electron chi connectivity index (χ0n) is 11.3. The number of amides is 1. The van der Waals surface area contributed by atoms with Gasteiger partial charge in [-0.15, -0.1) is 11.3 Å². The Hall–Kier alpha value is -1.89. The van der Waals surface area contributed by atoms with Crippen LogP contribution in [0.4, 0.5) is 5.69 Å². The largest absolute Gasteiger partial charge is 0.481 e. The molecule has 1 aromatic rings. The second-order valence-corrected chi connectivity index (χ2v) is 6.18. The SMILES string of the molecule is COC(=O)c1sccc1NC(=O)[C@H]1[C@H](C(=O)O)C1(C)C. The molecule has 7 heteroatoms. The Morgan fingerprint density at radius 2 is 2.00 bits per heavy atom. The molecule has 0 aliphatic heterocycles. The molecule has 2 N–H and O–H groups in total. The molecule has 0 unspecified atom stereocenters. The Morgan fingerprint density at radius 3 is 2.50 bits per heavy atom. The zero-order chi connectivity index (χ0) is 15.1. The van der Waals surface area contributed by atoms with Crippen molar-refractivity contribution in [3.63, 3.8) is 0 Å². The van der Waals surface area contributed by atoms with Gasteiger partial charge in [0.15, 0.2) is 0 Å². The predicted molar refractivity (Wildman–Crippen MR) is 72.7 cm³/mol. The summed E-state index contributed by atoms with van der Waals surface area (Å²) >= 11 is 1.16. The summed E-state index contributed by atoms with van der Waals surface area (Å²) in [6, 6.07) is 1.60. The third-order valence-electron chi connectivity index (χ3n) is 3.67. The quantitative estimate of drug-likeness (QED) is 0.827. The van der Waals surface area contributed by atoms with Crippen LogP contribution in [0.1, 0.15) is 23.5 Å². The second-order valence-electron chi connectivity index (χ2n) is 5.26. The van der Waals surface area contributed by atoms with E-state index in [0.717, 1.165) is 11.3 Å². The third kappa shape index (κ3) is 2.29. The van der Waals surface area contributed by atoms with Crippen molar-refractivity contribution >= 4 is 34.9 Å². The van der Waals surface area contributed by atoms with E-state index >= 15 is 0 Å². The van der Waals surface area contributed by atoms with Crippen molar-refractivity contribution < 1.29 is 24.2 Å².